The van der Waals surface area contributed by atoms with Crippen molar-refractivity contribution in [2.24, 2.45) is 5.73 Å². The maximum atomic E-state index is 15.0. The van der Waals surface area contributed by atoms with E-state index in [-0.39, 0.29) is 29.1 Å². The average Bonchev–Trinajstić information content (AvgIpc) is 3.38. The number of hydrogen-bond donors (Lipinski definition) is 2. The molecule has 1 heterocycles. The maximum absolute atomic E-state index is 15.0. The van der Waals surface area contributed by atoms with Gasteiger partial charge in [0, 0.05) is 24.1 Å². The molecule has 0 aliphatic heterocycles. The van der Waals surface area contributed by atoms with Gasteiger partial charge in [-0.3, -0.25) is 9.59 Å². The van der Waals surface area contributed by atoms with Crippen molar-refractivity contribution in [3.05, 3.63) is 107 Å². The number of carbonyl (C=O) groups is 2. The van der Waals surface area contributed by atoms with Crippen LogP contribution in [0.15, 0.2) is 77.3 Å². The Kier molecular flexibility index (Phi) is 9.54. The van der Waals surface area contributed by atoms with Crippen molar-refractivity contribution in [1.29, 1.82) is 0 Å². The van der Waals surface area contributed by atoms with Gasteiger partial charge in [0.1, 0.15) is 24.2 Å². The Morgan fingerprint density at radius 2 is 1.55 bits per heavy atom. The van der Waals surface area contributed by atoms with Crippen molar-refractivity contribution in [2.45, 2.75) is 44.7 Å². The summed E-state index contributed by atoms with van der Waals surface area (Å²) in [6.45, 7) is 6.00. The van der Waals surface area contributed by atoms with Gasteiger partial charge in [0.05, 0.1) is 20.6 Å². The Bertz CT molecular complexity index is 1520. The van der Waals surface area contributed by atoms with Gasteiger partial charge in [-0.15, -0.1) is 0 Å². The van der Waals surface area contributed by atoms with E-state index in [1.165, 1.54) is 6.07 Å². The van der Waals surface area contributed by atoms with Crippen LogP contribution in [0.5, 0.6) is 5.88 Å². The lowest BCUT2D eigenvalue weighted by Crippen LogP contribution is -2.42. The van der Waals surface area contributed by atoms with Crippen LogP contribution in [-0.4, -0.2) is 32.2 Å². The fourth-order valence-electron chi connectivity index (χ4n) is 4.75. The molecule has 0 saturated heterocycles. The number of primary amides is 1. The van der Waals surface area contributed by atoms with Gasteiger partial charge in [-0.25, -0.2) is 8.78 Å². The van der Waals surface area contributed by atoms with E-state index < -0.39 is 43.4 Å². The Morgan fingerprint density at radius 1 is 0.929 bits per heavy atom. The van der Waals surface area contributed by atoms with Gasteiger partial charge >= 0.3 is 0 Å². The molecule has 3 N–H and O–H groups in total. The highest BCUT2D eigenvalue weighted by molar-refractivity contribution is 6.88. The van der Waals surface area contributed by atoms with Crippen molar-refractivity contribution >= 4 is 30.8 Å². The van der Waals surface area contributed by atoms with Crippen molar-refractivity contribution in [3.63, 3.8) is 0 Å². The molecule has 4 aromatic rings. The van der Waals surface area contributed by atoms with Gasteiger partial charge in [0.2, 0.25) is 11.8 Å². The summed E-state index contributed by atoms with van der Waals surface area (Å²) in [5, 5.41) is 6.50. The second-order valence-corrected chi connectivity index (χ2v) is 15.9. The van der Waals surface area contributed by atoms with Crippen molar-refractivity contribution in [2.75, 3.05) is 12.4 Å². The van der Waals surface area contributed by atoms with E-state index in [9.17, 15) is 18.4 Å². The number of methoxy groups -OCH3 is 1. The van der Waals surface area contributed by atoms with Gasteiger partial charge in [-0.2, -0.15) is 0 Å². The number of carbonyl (C=O) groups excluding carboxylic acids is 2. The number of aromatic nitrogens is 1. The summed E-state index contributed by atoms with van der Waals surface area (Å²) >= 11 is 0. The minimum atomic E-state index is -2.34. The van der Waals surface area contributed by atoms with Crippen LogP contribution < -0.4 is 21.0 Å². The molecule has 4 rings (SSSR count). The van der Waals surface area contributed by atoms with Gasteiger partial charge in [-0.1, -0.05) is 74.2 Å². The summed E-state index contributed by atoms with van der Waals surface area (Å²) in [4.78, 5) is 26.7. The summed E-state index contributed by atoms with van der Waals surface area (Å²) in [6.07, 6.45) is 0. The lowest BCUT2D eigenvalue weighted by atomic mass is 9.82. The summed E-state index contributed by atoms with van der Waals surface area (Å²) in [5.74, 6) is -5.54. The Balaban J connectivity index is 1.68. The lowest BCUT2D eigenvalue weighted by Gasteiger charge is -2.24. The smallest absolute Gasteiger partial charge is 0.254 e. The molecule has 2 amide bonds. The number of ether oxygens (including phenoxy) is 2. The van der Waals surface area contributed by atoms with Crippen LogP contribution >= 0.6 is 0 Å². The van der Waals surface area contributed by atoms with Crippen LogP contribution in [0.25, 0.3) is 0 Å². The van der Waals surface area contributed by atoms with Gasteiger partial charge in [0.25, 0.3) is 5.88 Å². The predicted octanol–water partition coefficient (Wildman–Crippen LogP) is 5.21. The molecule has 0 fully saturated rings. The third kappa shape index (κ3) is 7.28. The first kappa shape index (κ1) is 30.6. The van der Waals surface area contributed by atoms with Crippen molar-refractivity contribution in [3.8, 4) is 5.88 Å². The second-order valence-electron chi connectivity index (χ2n) is 10.9. The van der Waals surface area contributed by atoms with E-state index in [0.717, 1.165) is 23.3 Å². The van der Waals surface area contributed by atoms with E-state index in [4.69, 9.17) is 19.7 Å². The van der Waals surface area contributed by atoms with E-state index in [0.29, 0.717) is 12.2 Å². The molecule has 1 aromatic heterocycles. The number of nitrogens with two attached hydrogens (primary N) is 1. The minimum Gasteiger partial charge on any atom is -0.471 e. The first-order chi connectivity index (χ1) is 20.0. The van der Waals surface area contributed by atoms with Crippen LogP contribution in [0.2, 0.25) is 19.6 Å². The highest BCUT2D eigenvalue weighted by Crippen LogP contribution is 2.36. The minimum absolute atomic E-state index is 0.00174. The topological polar surface area (TPSA) is 117 Å². The summed E-state index contributed by atoms with van der Waals surface area (Å²) < 4.78 is 46.2. The lowest BCUT2D eigenvalue weighted by molar-refractivity contribution is -0.125. The highest BCUT2D eigenvalue weighted by atomic mass is 28.3. The summed E-state index contributed by atoms with van der Waals surface area (Å²) in [6, 6.07) is 19.7. The molecule has 0 spiro atoms. The number of benzene rings is 3. The monoisotopic (exact) mass is 593 g/mol. The first-order valence-electron chi connectivity index (χ1n) is 13.3. The third-order valence-corrected chi connectivity index (χ3v) is 8.65. The number of rotatable bonds is 12. The first-order valence-corrected chi connectivity index (χ1v) is 16.8. The molecular weight excluding hydrogens is 560 g/mol. The van der Waals surface area contributed by atoms with Crippen LogP contribution in [0.1, 0.15) is 34.3 Å². The molecule has 0 radical (unpaired) electrons. The fraction of sp³-hybridized carbons (Fsp3) is 0.258. The molecule has 8 nitrogen and oxygen atoms in total. The van der Waals surface area contributed by atoms with Gasteiger partial charge in [0.15, 0.2) is 5.76 Å². The number of amides is 2. The molecule has 0 bridgehead atoms. The largest absolute Gasteiger partial charge is 0.471 e. The number of nitrogens with one attached hydrogen (secondary N) is 1. The number of nitrogens with zero attached hydrogens (tertiary/aromatic N) is 1. The van der Waals surface area contributed by atoms with E-state index in [1.807, 2.05) is 50.0 Å². The Labute approximate surface area is 243 Å². The molecule has 11 heteroatoms. The highest BCUT2D eigenvalue weighted by Gasteiger charge is 2.39. The summed E-state index contributed by atoms with van der Waals surface area (Å²) in [7, 11) is -0.785. The van der Waals surface area contributed by atoms with Crippen LogP contribution in [0.3, 0.4) is 0 Å². The Morgan fingerprint density at radius 3 is 2.12 bits per heavy atom. The molecule has 42 heavy (non-hydrogen) atoms. The second kappa shape index (κ2) is 13.1. The quantitative estimate of drug-likeness (QED) is 0.218. The van der Waals surface area contributed by atoms with Crippen molar-refractivity contribution < 1.29 is 32.4 Å². The van der Waals surface area contributed by atoms with Crippen molar-refractivity contribution in [1.82, 2.24) is 5.16 Å². The molecule has 0 saturated carbocycles. The average molecular weight is 594 g/mol. The normalized spacial score (nSPS) is 12.9. The zero-order chi connectivity index (χ0) is 30.4. The summed E-state index contributed by atoms with van der Waals surface area (Å²) in [5.41, 5.74) is 7.87. The zero-order valence-corrected chi connectivity index (χ0v) is 24.8. The molecule has 3 aromatic carbocycles. The molecule has 0 aliphatic carbocycles. The van der Waals surface area contributed by atoms with Crippen LogP contribution in [-0.2, 0) is 27.5 Å². The van der Waals surface area contributed by atoms with Gasteiger partial charge < -0.3 is 25.0 Å². The fourth-order valence-corrected chi connectivity index (χ4v) is 6.33. The molecule has 220 valence electrons. The SMILES string of the molecule is COCc1ccc(C(C(=O)Nc2cc(F)c([Si](C)(C)C)c(F)c2)C(C(N)=O)c2cc(OCc3ccccc3)no2)cc1. The van der Waals surface area contributed by atoms with E-state index in [2.05, 4.69) is 10.5 Å². The van der Waals surface area contributed by atoms with E-state index in [1.54, 1.807) is 31.4 Å². The molecule has 2 unspecified atom stereocenters. The van der Waals surface area contributed by atoms with Gasteiger partial charge in [-0.05, 0) is 34.0 Å². The number of hydrogen-bond acceptors (Lipinski definition) is 6. The zero-order valence-electron chi connectivity index (χ0n) is 23.8. The standard InChI is InChI=1S/C31H33F2N3O5Si/c1-39-17-20-10-12-21(13-11-20)27(31(38)35-22-14-23(32)29(24(33)15-22)42(2,3)4)28(30(34)37)25-16-26(36-41-25)40-18-19-8-6-5-7-9-19/h5-16,27-28H,17-18H2,1-4H3,(H2,34,37)(H,35,38). The molecular formula is C31H33F2N3O5Si. The molecule has 0 aliphatic rings. The Hall–Kier alpha value is -4.35. The predicted molar refractivity (Wildman–Crippen MR) is 157 cm³/mol. The van der Waals surface area contributed by atoms with E-state index >= 15 is 0 Å². The third-order valence-electron chi connectivity index (χ3n) is 6.67. The number of anilines is 1. The van der Waals surface area contributed by atoms with Crippen LogP contribution in [0, 0.1) is 11.6 Å². The maximum Gasteiger partial charge on any atom is 0.254 e. The molecule has 2 atom stereocenters. The van der Waals surface area contributed by atoms with Crippen LogP contribution in [0.4, 0.5) is 14.5 Å². The number of halogens is 2.